The second-order valence-electron chi connectivity index (χ2n) is 4.15. The molecule has 0 heterocycles. The highest BCUT2D eigenvalue weighted by Crippen LogP contribution is 2.38. The molecule has 0 saturated heterocycles. The Kier molecular flexibility index (Phi) is 2.80. The summed E-state index contributed by atoms with van der Waals surface area (Å²) in [5.74, 6) is -0.612. The summed E-state index contributed by atoms with van der Waals surface area (Å²) in [6.07, 6.45) is 1.96. The zero-order valence-corrected chi connectivity index (χ0v) is 8.54. The largest absolute Gasteiger partial charge is 0.368 e. The number of amides is 2. The molecule has 2 atom stereocenters. The van der Waals surface area contributed by atoms with Crippen LogP contribution in [0.15, 0.2) is 0 Å². The van der Waals surface area contributed by atoms with E-state index in [0.29, 0.717) is 0 Å². The van der Waals surface area contributed by atoms with Gasteiger partial charge in [0.15, 0.2) is 0 Å². The summed E-state index contributed by atoms with van der Waals surface area (Å²) in [7, 11) is 0. The van der Waals surface area contributed by atoms with E-state index in [1.54, 1.807) is 13.8 Å². The molecule has 0 spiro atoms. The molecule has 0 aliphatic heterocycles. The van der Waals surface area contributed by atoms with Crippen molar-refractivity contribution in [3.8, 4) is 0 Å². The molecule has 0 aromatic rings. The van der Waals surface area contributed by atoms with Crippen molar-refractivity contribution in [1.82, 2.24) is 5.32 Å². The van der Waals surface area contributed by atoms with Gasteiger partial charge >= 0.3 is 0 Å². The van der Waals surface area contributed by atoms with Crippen LogP contribution >= 0.6 is 0 Å². The molecule has 2 unspecified atom stereocenters. The average molecular weight is 199 g/mol. The third-order valence-electron chi connectivity index (χ3n) is 2.69. The maximum Gasteiger partial charge on any atom is 0.240 e. The molecule has 1 fully saturated rings. The standard InChI is InChI=1S/C9H17N3O2/c1-5(7(10)13)12-8(14)9(2,11)6-3-4-6/h5-6H,3-4,11H2,1-2H3,(H2,10,13)(H,12,14). The van der Waals surface area contributed by atoms with E-state index in [4.69, 9.17) is 11.5 Å². The zero-order valence-electron chi connectivity index (χ0n) is 8.54. The number of hydrogen-bond donors (Lipinski definition) is 3. The van der Waals surface area contributed by atoms with Gasteiger partial charge in [0.25, 0.3) is 0 Å². The van der Waals surface area contributed by atoms with Gasteiger partial charge in [-0.15, -0.1) is 0 Å². The maximum absolute atomic E-state index is 11.6. The molecular weight excluding hydrogens is 182 g/mol. The fraction of sp³-hybridized carbons (Fsp3) is 0.778. The Balaban J connectivity index is 2.52. The fourth-order valence-corrected chi connectivity index (χ4v) is 1.29. The van der Waals surface area contributed by atoms with Crippen molar-refractivity contribution in [2.24, 2.45) is 17.4 Å². The van der Waals surface area contributed by atoms with E-state index in [0.717, 1.165) is 12.8 Å². The van der Waals surface area contributed by atoms with Gasteiger partial charge in [-0.1, -0.05) is 0 Å². The van der Waals surface area contributed by atoms with Crippen LogP contribution in [0.25, 0.3) is 0 Å². The van der Waals surface area contributed by atoms with Crippen LogP contribution < -0.4 is 16.8 Å². The first kappa shape index (κ1) is 11.0. The lowest BCUT2D eigenvalue weighted by atomic mass is 9.96. The van der Waals surface area contributed by atoms with Crippen LogP contribution in [0.1, 0.15) is 26.7 Å². The summed E-state index contributed by atoms with van der Waals surface area (Å²) < 4.78 is 0. The molecular formula is C9H17N3O2. The Bertz CT molecular complexity index is 259. The number of hydrogen-bond acceptors (Lipinski definition) is 3. The number of nitrogens with two attached hydrogens (primary N) is 2. The van der Waals surface area contributed by atoms with E-state index < -0.39 is 17.5 Å². The van der Waals surface area contributed by atoms with E-state index >= 15 is 0 Å². The number of nitrogens with one attached hydrogen (secondary N) is 1. The lowest BCUT2D eigenvalue weighted by Crippen LogP contribution is -2.57. The normalized spacial score (nSPS) is 22.2. The predicted molar refractivity (Wildman–Crippen MR) is 52.1 cm³/mol. The summed E-state index contributed by atoms with van der Waals surface area (Å²) in [6.45, 7) is 3.23. The van der Waals surface area contributed by atoms with Crippen molar-refractivity contribution in [2.75, 3.05) is 0 Å². The molecule has 5 nitrogen and oxygen atoms in total. The van der Waals surface area contributed by atoms with Gasteiger partial charge in [-0.25, -0.2) is 0 Å². The van der Waals surface area contributed by atoms with Gasteiger partial charge in [0.2, 0.25) is 11.8 Å². The highest BCUT2D eigenvalue weighted by Gasteiger charge is 2.44. The first-order chi connectivity index (χ1) is 6.35. The zero-order chi connectivity index (χ0) is 10.9. The van der Waals surface area contributed by atoms with Gasteiger partial charge in [0.1, 0.15) is 6.04 Å². The summed E-state index contributed by atoms with van der Waals surface area (Å²) >= 11 is 0. The van der Waals surface area contributed by atoms with Gasteiger partial charge in [-0.3, -0.25) is 9.59 Å². The van der Waals surface area contributed by atoms with Crippen LogP contribution in [0.5, 0.6) is 0 Å². The topological polar surface area (TPSA) is 98.2 Å². The average Bonchev–Trinajstić information content (AvgIpc) is 2.85. The van der Waals surface area contributed by atoms with Crippen LogP contribution in [0.3, 0.4) is 0 Å². The summed E-state index contributed by atoms with van der Waals surface area (Å²) in [5, 5.41) is 2.50. The Labute approximate surface area is 83.2 Å². The Morgan fingerprint density at radius 3 is 2.36 bits per heavy atom. The fourth-order valence-electron chi connectivity index (χ4n) is 1.29. The van der Waals surface area contributed by atoms with Crippen molar-refractivity contribution < 1.29 is 9.59 Å². The lowest BCUT2D eigenvalue weighted by molar-refractivity contribution is -0.130. The van der Waals surface area contributed by atoms with E-state index in [1.165, 1.54) is 0 Å². The molecule has 14 heavy (non-hydrogen) atoms. The summed E-state index contributed by atoms with van der Waals surface area (Å²) in [4.78, 5) is 22.3. The number of carbonyl (C=O) groups excluding carboxylic acids is 2. The quantitative estimate of drug-likeness (QED) is 0.547. The van der Waals surface area contributed by atoms with Gasteiger partial charge in [0.05, 0.1) is 5.54 Å². The molecule has 2 amide bonds. The predicted octanol–water partition coefficient (Wildman–Crippen LogP) is -0.896. The molecule has 0 bridgehead atoms. The highest BCUT2D eigenvalue weighted by atomic mass is 16.2. The summed E-state index contributed by atoms with van der Waals surface area (Å²) in [5.41, 5.74) is 10.0. The highest BCUT2D eigenvalue weighted by molar-refractivity contribution is 5.91. The molecule has 0 aromatic heterocycles. The number of carbonyl (C=O) groups is 2. The third-order valence-corrected chi connectivity index (χ3v) is 2.69. The molecule has 5 N–H and O–H groups in total. The second kappa shape index (κ2) is 3.57. The van der Waals surface area contributed by atoms with E-state index in [-0.39, 0.29) is 11.8 Å². The van der Waals surface area contributed by atoms with Gasteiger partial charge in [0, 0.05) is 0 Å². The minimum Gasteiger partial charge on any atom is -0.368 e. The van der Waals surface area contributed by atoms with Crippen LogP contribution in [0.4, 0.5) is 0 Å². The van der Waals surface area contributed by atoms with E-state index in [9.17, 15) is 9.59 Å². The van der Waals surface area contributed by atoms with Gasteiger partial charge < -0.3 is 16.8 Å². The molecule has 0 aromatic carbocycles. The molecule has 1 saturated carbocycles. The molecule has 5 heteroatoms. The minimum atomic E-state index is -0.871. The Hall–Kier alpha value is -1.10. The van der Waals surface area contributed by atoms with Crippen LogP contribution in [-0.2, 0) is 9.59 Å². The summed E-state index contributed by atoms with van der Waals surface area (Å²) in [6, 6.07) is -0.663. The van der Waals surface area contributed by atoms with E-state index in [1.807, 2.05) is 0 Å². The van der Waals surface area contributed by atoms with Crippen LogP contribution in [0, 0.1) is 5.92 Å². The van der Waals surface area contributed by atoms with Crippen molar-refractivity contribution in [3.63, 3.8) is 0 Å². The van der Waals surface area contributed by atoms with Gasteiger partial charge in [-0.2, -0.15) is 0 Å². The number of primary amides is 1. The van der Waals surface area contributed by atoms with Gasteiger partial charge in [-0.05, 0) is 32.6 Å². The Morgan fingerprint density at radius 1 is 1.50 bits per heavy atom. The van der Waals surface area contributed by atoms with Crippen molar-refractivity contribution in [1.29, 1.82) is 0 Å². The van der Waals surface area contributed by atoms with E-state index in [2.05, 4.69) is 5.32 Å². The Morgan fingerprint density at radius 2 is 2.00 bits per heavy atom. The smallest absolute Gasteiger partial charge is 0.240 e. The first-order valence-corrected chi connectivity index (χ1v) is 4.75. The molecule has 1 aliphatic carbocycles. The van der Waals surface area contributed by atoms with Crippen LogP contribution in [-0.4, -0.2) is 23.4 Å². The third kappa shape index (κ3) is 2.23. The van der Waals surface area contributed by atoms with Crippen molar-refractivity contribution in [3.05, 3.63) is 0 Å². The second-order valence-corrected chi connectivity index (χ2v) is 4.15. The molecule has 80 valence electrons. The monoisotopic (exact) mass is 199 g/mol. The minimum absolute atomic E-state index is 0.238. The molecule has 0 radical (unpaired) electrons. The first-order valence-electron chi connectivity index (χ1n) is 4.75. The molecule has 1 aliphatic rings. The maximum atomic E-state index is 11.6. The van der Waals surface area contributed by atoms with Crippen LogP contribution in [0.2, 0.25) is 0 Å². The molecule has 1 rings (SSSR count). The number of rotatable bonds is 4. The van der Waals surface area contributed by atoms with Crippen molar-refractivity contribution >= 4 is 11.8 Å². The lowest BCUT2D eigenvalue weighted by Gasteiger charge is -2.24. The van der Waals surface area contributed by atoms with Crippen molar-refractivity contribution in [2.45, 2.75) is 38.3 Å². The SMILES string of the molecule is CC(NC(=O)C(C)(N)C1CC1)C(N)=O.